The highest BCUT2D eigenvalue weighted by Gasteiger charge is 2.34. The Balaban J connectivity index is 1.52. The number of aryl methyl sites for hydroxylation is 1. The van der Waals surface area contributed by atoms with E-state index in [9.17, 15) is 9.59 Å². The van der Waals surface area contributed by atoms with Crippen molar-refractivity contribution in [3.05, 3.63) is 54.4 Å². The molecule has 154 valence electrons. The lowest BCUT2D eigenvalue weighted by molar-refractivity contribution is -0.119. The standard InChI is InChI=1S/C22H24N6O2/c1-2-3-9-20-25-16-11-10-14(12-17(16)26-20)24-22(30)18-13-19(21(23)29)28(27-18)15-7-5-4-6-8-15/h4-8,10-12,19H,2-3,9,13H2,1H3,(H2,23,29)(H,24,30)(H,25,26). The molecule has 3 aromatic rings. The number of rotatable bonds is 7. The third-order valence-electron chi connectivity index (χ3n) is 5.08. The summed E-state index contributed by atoms with van der Waals surface area (Å²) in [6.45, 7) is 2.14. The quantitative estimate of drug-likeness (QED) is 0.561. The Morgan fingerprint density at radius 2 is 2.03 bits per heavy atom. The van der Waals surface area contributed by atoms with Gasteiger partial charge in [-0.15, -0.1) is 0 Å². The zero-order valence-electron chi connectivity index (χ0n) is 16.8. The van der Waals surface area contributed by atoms with E-state index in [1.54, 1.807) is 6.07 Å². The van der Waals surface area contributed by atoms with E-state index in [1.165, 1.54) is 5.01 Å². The molecule has 1 aromatic heterocycles. The van der Waals surface area contributed by atoms with Gasteiger partial charge in [-0.05, 0) is 36.8 Å². The number of H-pyrrole nitrogens is 1. The van der Waals surface area contributed by atoms with Gasteiger partial charge in [0.2, 0.25) is 5.91 Å². The van der Waals surface area contributed by atoms with Crippen LogP contribution in [-0.2, 0) is 16.0 Å². The highest BCUT2D eigenvalue weighted by atomic mass is 16.2. The number of primary amides is 1. The molecule has 0 spiro atoms. The van der Waals surface area contributed by atoms with E-state index in [0.717, 1.165) is 36.1 Å². The van der Waals surface area contributed by atoms with E-state index < -0.39 is 11.9 Å². The molecule has 1 atom stereocenters. The van der Waals surface area contributed by atoms with Gasteiger partial charge in [-0.25, -0.2) is 4.98 Å². The number of nitrogens with one attached hydrogen (secondary N) is 2. The summed E-state index contributed by atoms with van der Waals surface area (Å²) in [6, 6.07) is 14.0. The van der Waals surface area contributed by atoms with Gasteiger partial charge in [0.1, 0.15) is 17.6 Å². The topological polar surface area (TPSA) is 116 Å². The first-order chi connectivity index (χ1) is 14.5. The van der Waals surface area contributed by atoms with E-state index in [-0.39, 0.29) is 18.0 Å². The number of aromatic amines is 1. The van der Waals surface area contributed by atoms with Crippen molar-refractivity contribution >= 4 is 39.9 Å². The largest absolute Gasteiger partial charge is 0.368 e. The number of hydrazone groups is 1. The Morgan fingerprint density at radius 3 is 2.77 bits per heavy atom. The van der Waals surface area contributed by atoms with Crippen LogP contribution in [0.4, 0.5) is 11.4 Å². The maximum absolute atomic E-state index is 12.8. The molecule has 2 amide bonds. The number of anilines is 2. The monoisotopic (exact) mass is 404 g/mol. The second-order valence-corrected chi connectivity index (χ2v) is 7.32. The predicted octanol–water partition coefficient (Wildman–Crippen LogP) is 2.96. The van der Waals surface area contributed by atoms with Crippen molar-refractivity contribution in [1.29, 1.82) is 0 Å². The predicted molar refractivity (Wildman–Crippen MR) is 117 cm³/mol. The molecule has 0 aliphatic carbocycles. The molecule has 0 fully saturated rings. The van der Waals surface area contributed by atoms with Gasteiger partial charge < -0.3 is 16.0 Å². The minimum atomic E-state index is -0.690. The number of hydrogen-bond donors (Lipinski definition) is 3. The van der Waals surface area contributed by atoms with E-state index in [1.807, 2.05) is 42.5 Å². The number of carbonyl (C=O) groups excluding carboxylic acids is 2. The molecule has 0 radical (unpaired) electrons. The molecule has 4 N–H and O–H groups in total. The lowest BCUT2D eigenvalue weighted by atomic mass is 10.1. The molecular weight excluding hydrogens is 380 g/mol. The molecule has 2 aromatic carbocycles. The second-order valence-electron chi connectivity index (χ2n) is 7.32. The normalized spacial score (nSPS) is 16.0. The van der Waals surface area contributed by atoms with Crippen molar-refractivity contribution in [1.82, 2.24) is 9.97 Å². The van der Waals surface area contributed by atoms with Crippen molar-refractivity contribution in [2.75, 3.05) is 10.3 Å². The molecule has 2 heterocycles. The third kappa shape index (κ3) is 4.03. The van der Waals surface area contributed by atoms with E-state index in [4.69, 9.17) is 5.73 Å². The van der Waals surface area contributed by atoms with Crippen molar-refractivity contribution in [3.8, 4) is 0 Å². The van der Waals surface area contributed by atoms with Crippen LogP contribution in [0, 0.1) is 0 Å². The van der Waals surface area contributed by atoms with Crippen molar-refractivity contribution < 1.29 is 9.59 Å². The van der Waals surface area contributed by atoms with Crippen molar-refractivity contribution in [3.63, 3.8) is 0 Å². The molecule has 1 aliphatic rings. The number of carbonyl (C=O) groups is 2. The van der Waals surface area contributed by atoms with Gasteiger partial charge in [-0.2, -0.15) is 5.10 Å². The summed E-state index contributed by atoms with van der Waals surface area (Å²) in [4.78, 5) is 32.6. The summed E-state index contributed by atoms with van der Waals surface area (Å²) in [7, 11) is 0. The van der Waals surface area contributed by atoms with Gasteiger partial charge >= 0.3 is 0 Å². The first kappa shape index (κ1) is 19.6. The Kier molecular flexibility index (Phi) is 5.47. The third-order valence-corrected chi connectivity index (χ3v) is 5.08. The number of amides is 2. The summed E-state index contributed by atoms with van der Waals surface area (Å²) in [5, 5.41) is 8.75. The molecular formula is C22H24N6O2. The number of imidazole rings is 1. The van der Waals surface area contributed by atoms with Gasteiger partial charge in [0.25, 0.3) is 5.91 Å². The number of unbranched alkanes of at least 4 members (excludes halogenated alkanes) is 1. The maximum atomic E-state index is 12.8. The van der Waals surface area contributed by atoms with Gasteiger partial charge in [0.05, 0.1) is 16.7 Å². The molecule has 4 rings (SSSR count). The molecule has 8 nitrogen and oxygen atoms in total. The van der Waals surface area contributed by atoms with Crippen LogP contribution in [0.2, 0.25) is 0 Å². The summed E-state index contributed by atoms with van der Waals surface area (Å²) in [5.41, 5.74) is 8.88. The fourth-order valence-corrected chi connectivity index (χ4v) is 3.49. The SMILES string of the molecule is CCCCc1nc2ccc(NC(=O)C3=NN(c4ccccc4)C(C(N)=O)C3)cc2[nH]1. The fraction of sp³-hybridized carbons (Fsp3) is 0.273. The number of fused-ring (bicyclic) bond motifs is 1. The Morgan fingerprint density at radius 1 is 1.23 bits per heavy atom. The lowest BCUT2D eigenvalue weighted by Crippen LogP contribution is -2.39. The molecule has 0 bridgehead atoms. The molecule has 1 unspecified atom stereocenters. The van der Waals surface area contributed by atoms with Crippen LogP contribution in [0.3, 0.4) is 0 Å². The number of aromatic nitrogens is 2. The van der Waals surface area contributed by atoms with Crippen LogP contribution < -0.4 is 16.1 Å². The van der Waals surface area contributed by atoms with Crippen LogP contribution >= 0.6 is 0 Å². The average Bonchev–Trinajstić information content (AvgIpc) is 3.37. The number of para-hydroxylation sites is 1. The Labute approximate surface area is 174 Å². The summed E-state index contributed by atoms with van der Waals surface area (Å²) in [6.07, 6.45) is 3.23. The molecule has 0 saturated heterocycles. The van der Waals surface area contributed by atoms with Crippen LogP contribution in [0.25, 0.3) is 11.0 Å². The Hall–Kier alpha value is -3.68. The fourth-order valence-electron chi connectivity index (χ4n) is 3.49. The van der Waals surface area contributed by atoms with Gasteiger partial charge in [-0.3, -0.25) is 14.6 Å². The Bertz CT molecular complexity index is 1110. The van der Waals surface area contributed by atoms with E-state index >= 15 is 0 Å². The zero-order valence-corrected chi connectivity index (χ0v) is 16.8. The van der Waals surface area contributed by atoms with Crippen molar-refractivity contribution in [2.24, 2.45) is 10.8 Å². The maximum Gasteiger partial charge on any atom is 0.271 e. The molecule has 0 saturated carbocycles. The highest BCUT2D eigenvalue weighted by Crippen LogP contribution is 2.25. The lowest BCUT2D eigenvalue weighted by Gasteiger charge is -2.20. The van der Waals surface area contributed by atoms with Gasteiger partial charge in [0, 0.05) is 18.5 Å². The summed E-state index contributed by atoms with van der Waals surface area (Å²) < 4.78 is 0. The first-order valence-corrected chi connectivity index (χ1v) is 10.1. The highest BCUT2D eigenvalue weighted by molar-refractivity contribution is 6.44. The molecule has 30 heavy (non-hydrogen) atoms. The van der Waals surface area contributed by atoms with Crippen LogP contribution in [0.15, 0.2) is 53.6 Å². The van der Waals surface area contributed by atoms with Crippen molar-refractivity contribution in [2.45, 2.75) is 38.6 Å². The smallest absolute Gasteiger partial charge is 0.271 e. The number of nitrogens with zero attached hydrogens (tertiary/aromatic N) is 3. The van der Waals surface area contributed by atoms with E-state index in [0.29, 0.717) is 11.4 Å². The first-order valence-electron chi connectivity index (χ1n) is 10.1. The van der Waals surface area contributed by atoms with Crippen LogP contribution in [-0.4, -0.2) is 33.5 Å². The van der Waals surface area contributed by atoms with E-state index in [2.05, 4.69) is 27.3 Å². The minimum absolute atomic E-state index is 0.156. The number of hydrogen-bond acceptors (Lipinski definition) is 5. The number of benzene rings is 2. The minimum Gasteiger partial charge on any atom is -0.368 e. The van der Waals surface area contributed by atoms with Gasteiger partial charge in [-0.1, -0.05) is 31.5 Å². The molecule has 8 heteroatoms. The van der Waals surface area contributed by atoms with Crippen LogP contribution in [0.5, 0.6) is 0 Å². The average molecular weight is 404 g/mol. The second kappa shape index (κ2) is 8.36. The summed E-state index contributed by atoms with van der Waals surface area (Å²) >= 11 is 0. The molecule has 1 aliphatic heterocycles. The van der Waals surface area contributed by atoms with Crippen LogP contribution in [0.1, 0.15) is 32.0 Å². The summed E-state index contributed by atoms with van der Waals surface area (Å²) in [5.74, 6) is 0.0620. The zero-order chi connectivity index (χ0) is 21.1. The number of nitrogens with two attached hydrogens (primary N) is 1. The van der Waals surface area contributed by atoms with Gasteiger partial charge in [0.15, 0.2) is 0 Å².